The zero-order valence-electron chi connectivity index (χ0n) is 17.9. The number of thioether (sulfide) groups is 1. The van der Waals surface area contributed by atoms with Gasteiger partial charge in [-0.15, -0.1) is 0 Å². The van der Waals surface area contributed by atoms with Crippen molar-refractivity contribution in [3.05, 3.63) is 100 Å². The van der Waals surface area contributed by atoms with E-state index in [1.165, 1.54) is 16.7 Å². The first kappa shape index (κ1) is 22.8. The second-order valence-electron chi connectivity index (χ2n) is 7.13. The summed E-state index contributed by atoms with van der Waals surface area (Å²) in [4.78, 5) is 27.1. The molecule has 7 heteroatoms. The number of carbonyl (C=O) groups excluding carboxylic acids is 2. The fraction of sp³-hybridized carbons (Fsp3) is 0.115. The maximum atomic E-state index is 13.1. The maximum absolute atomic E-state index is 13.1. The van der Waals surface area contributed by atoms with Crippen LogP contribution < -0.4 is 9.64 Å². The monoisotopic (exact) mass is 475 g/mol. The van der Waals surface area contributed by atoms with E-state index in [1.54, 1.807) is 37.3 Å². The highest BCUT2D eigenvalue weighted by atomic mass is 32.2. The number of ether oxygens (including phenoxy) is 2. The Morgan fingerprint density at radius 2 is 1.82 bits per heavy atom. The van der Waals surface area contributed by atoms with Crippen molar-refractivity contribution >= 4 is 51.9 Å². The second kappa shape index (κ2) is 10.5. The summed E-state index contributed by atoms with van der Waals surface area (Å²) in [5.41, 5.74) is 2.82. The van der Waals surface area contributed by atoms with E-state index in [0.29, 0.717) is 32.8 Å². The van der Waals surface area contributed by atoms with Crippen LogP contribution in [0.3, 0.4) is 0 Å². The van der Waals surface area contributed by atoms with Crippen LogP contribution in [0.15, 0.2) is 83.8 Å². The van der Waals surface area contributed by atoms with E-state index in [4.69, 9.17) is 21.7 Å². The fourth-order valence-electron chi connectivity index (χ4n) is 3.26. The number of carbonyl (C=O) groups is 2. The van der Waals surface area contributed by atoms with Gasteiger partial charge in [0.05, 0.1) is 22.8 Å². The molecule has 0 unspecified atom stereocenters. The first-order valence-electron chi connectivity index (χ1n) is 10.4. The quantitative estimate of drug-likeness (QED) is 0.243. The van der Waals surface area contributed by atoms with Gasteiger partial charge in [0.25, 0.3) is 5.91 Å². The van der Waals surface area contributed by atoms with Crippen LogP contribution in [0, 0.1) is 0 Å². The van der Waals surface area contributed by atoms with Gasteiger partial charge in [0.1, 0.15) is 12.4 Å². The van der Waals surface area contributed by atoms with Gasteiger partial charge in [0, 0.05) is 0 Å². The van der Waals surface area contributed by atoms with Crippen LogP contribution in [0.2, 0.25) is 0 Å². The zero-order chi connectivity index (χ0) is 23.2. The number of amides is 1. The van der Waals surface area contributed by atoms with Gasteiger partial charge in [-0.25, -0.2) is 4.79 Å². The molecule has 1 aliphatic rings. The molecule has 1 heterocycles. The minimum atomic E-state index is -0.437. The summed E-state index contributed by atoms with van der Waals surface area (Å²) >= 11 is 6.68. The summed E-state index contributed by atoms with van der Waals surface area (Å²) in [5.74, 6) is 0.0412. The lowest BCUT2D eigenvalue weighted by molar-refractivity contribution is -0.113. The average molecular weight is 476 g/mol. The van der Waals surface area contributed by atoms with Crippen molar-refractivity contribution in [2.24, 2.45) is 0 Å². The number of nitrogens with zero attached hydrogens (tertiary/aromatic N) is 1. The van der Waals surface area contributed by atoms with Gasteiger partial charge in [-0.1, -0.05) is 72.5 Å². The summed E-state index contributed by atoms with van der Waals surface area (Å²) in [5, 5.41) is 0. The number of benzene rings is 3. The third-order valence-electron chi connectivity index (χ3n) is 4.81. The molecule has 1 amide bonds. The lowest BCUT2D eigenvalue weighted by Crippen LogP contribution is -2.27. The SMILES string of the molecule is CCOC(=O)c1cccc(N2C(=O)/C(=C/c3cccc(OCc4ccccc4)c3)SC2=S)c1. The Hall–Kier alpha value is -3.42. The maximum Gasteiger partial charge on any atom is 0.338 e. The van der Waals surface area contributed by atoms with Gasteiger partial charge in [0.15, 0.2) is 4.32 Å². The summed E-state index contributed by atoms with van der Waals surface area (Å²) in [6, 6.07) is 24.2. The van der Waals surface area contributed by atoms with E-state index in [9.17, 15) is 9.59 Å². The molecule has 4 rings (SSSR count). The molecule has 1 aliphatic heterocycles. The minimum absolute atomic E-state index is 0.235. The molecule has 0 radical (unpaired) electrons. The third-order valence-corrected chi connectivity index (χ3v) is 6.12. The van der Waals surface area contributed by atoms with Crippen molar-refractivity contribution in [1.82, 2.24) is 0 Å². The van der Waals surface area contributed by atoms with Crippen molar-refractivity contribution in [3.8, 4) is 5.75 Å². The highest BCUT2D eigenvalue weighted by Gasteiger charge is 2.33. The highest BCUT2D eigenvalue weighted by molar-refractivity contribution is 8.27. The van der Waals surface area contributed by atoms with Gasteiger partial charge < -0.3 is 9.47 Å². The summed E-state index contributed by atoms with van der Waals surface area (Å²) in [6.45, 7) is 2.49. The van der Waals surface area contributed by atoms with E-state index in [0.717, 1.165) is 11.1 Å². The van der Waals surface area contributed by atoms with Crippen LogP contribution in [0.5, 0.6) is 5.75 Å². The Bertz CT molecular complexity index is 1220. The van der Waals surface area contributed by atoms with Crippen molar-refractivity contribution in [2.45, 2.75) is 13.5 Å². The summed E-state index contributed by atoms with van der Waals surface area (Å²) in [7, 11) is 0. The first-order valence-corrected chi connectivity index (χ1v) is 11.6. The van der Waals surface area contributed by atoms with Crippen LogP contribution in [0.1, 0.15) is 28.4 Å². The molecular weight excluding hydrogens is 454 g/mol. The molecule has 1 saturated heterocycles. The molecule has 0 aromatic heterocycles. The fourth-order valence-corrected chi connectivity index (χ4v) is 4.56. The molecule has 1 fully saturated rings. The van der Waals surface area contributed by atoms with E-state index >= 15 is 0 Å². The number of hydrogen-bond donors (Lipinski definition) is 0. The predicted molar refractivity (Wildman–Crippen MR) is 135 cm³/mol. The molecule has 3 aromatic rings. The number of rotatable bonds is 7. The summed E-state index contributed by atoms with van der Waals surface area (Å²) < 4.78 is 11.4. The van der Waals surface area contributed by atoms with E-state index in [1.807, 2.05) is 54.6 Å². The van der Waals surface area contributed by atoms with Crippen molar-refractivity contribution < 1.29 is 19.1 Å². The number of anilines is 1. The molecule has 0 saturated carbocycles. The molecular formula is C26H21NO4S2. The van der Waals surface area contributed by atoms with E-state index < -0.39 is 5.97 Å². The van der Waals surface area contributed by atoms with Crippen molar-refractivity contribution in [3.63, 3.8) is 0 Å². The van der Waals surface area contributed by atoms with E-state index in [-0.39, 0.29) is 12.5 Å². The Balaban J connectivity index is 1.51. The highest BCUT2D eigenvalue weighted by Crippen LogP contribution is 2.36. The molecule has 3 aromatic carbocycles. The van der Waals surface area contributed by atoms with Crippen LogP contribution in [-0.4, -0.2) is 22.8 Å². The molecule has 5 nitrogen and oxygen atoms in total. The molecule has 0 spiro atoms. The third kappa shape index (κ3) is 5.50. The van der Waals surface area contributed by atoms with Gasteiger partial charge in [-0.05, 0) is 54.5 Å². The Labute approximate surface area is 202 Å². The van der Waals surface area contributed by atoms with Gasteiger partial charge in [-0.3, -0.25) is 9.69 Å². The lowest BCUT2D eigenvalue weighted by atomic mass is 10.1. The van der Waals surface area contributed by atoms with Crippen LogP contribution in [0.25, 0.3) is 6.08 Å². The minimum Gasteiger partial charge on any atom is -0.489 e. The average Bonchev–Trinajstić information content (AvgIpc) is 3.11. The Morgan fingerprint density at radius 3 is 2.61 bits per heavy atom. The molecule has 0 N–H and O–H groups in total. The smallest absolute Gasteiger partial charge is 0.338 e. The predicted octanol–water partition coefficient (Wildman–Crippen LogP) is 5.85. The lowest BCUT2D eigenvalue weighted by Gasteiger charge is -2.15. The Kier molecular flexibility index (Phi) is 7.22. The number of hydrogen-bond acceptors (Lipinski definition) is 6. The standard InChI is InChI=1S/C26H21NO4S2/c1-2-30-25(29)20-11-7-12-21(16-20)27-24(28)23(33-26(27)32)15-19-10-6-13-22(14-19)31-17-18-8-4-3-5-9-18/h3-16H,2,17H2,1H3/b23-15-. The van der Waals surface area contributed by atoms with Crippen LogP contribution >= 0.6 is 24.0 Å². The van der Waals surface area contributed by atoms with Gasteiger partial charge in [-0.2, -0.15) is 0 Å². The van der Waals surface area contributed by atoms with Gasteiger partial charge in [0.2, 0.25) is 0 Å². The first-order chi connectivity index (χ1) is 16.0. The molecule has 0 bridgehead atoms. The molecule has 0 aliphatic carbocycles. The summed E-state index contributed by atoms with van der Waals surface area (Å²) in [6.07, 6.45) is 1.80. The van der Waals surface area contributed by atoms with Crippen LogP contribution in [-0.2, 0) is 16.1 Å². The molecule has 33 heavy (non-hydrogen) atoms. The van der Waals surface area contributed by atoms with E-state index in [2.05, 4.69) is 0 Å². The number of thiocarbonyl (C=S) groups is 1. The molecule has 0 atom stereocenters. The number of esters is 1. The van der Waals surface area contributed by atoms with Crippen molar-refractivity contribution in [1.29, 1.82) is 0 Å². The largest absolute Gasteiger partial charge is 0.489 e. The van der Waals surface area contributed by atoms with Crippen molar-refractivity contribution in [2.75, 3.05) is 11.5 Å². The van der Waals surface area contributed by atoms with Crippen LogP contribution in [0.4, 0.5) is 5.69 Å². The second-order valence-corrected chi connectivity index (χ2v) is 8.81. The zero-order valence-corrected chi connectivity index (χ0v) is 19.5. The Morgan fingerprint density at radius 1 is 1.03 bits per heavy atom. The molecule has 166 valence electrons. The normalized spacial score (nSPS) is 14.6. The topological polar surface area (TPSA) is 55.8 Å². The van der Waals surface area contributed by atoms with Gasteiger partial charge >= 0.3 is 5.97 Å².